The van der Waals surface area contributed by atoms with Crippen LogP contribution in [0.4, 0.5) is 11.4 Å². The Morgan fingerprint density at radius 3 is 2.37 bits per heavy atom. The van der Waals surface area contributed by atoms with Gasteiger partial charge in [0.25, 0.3) is 15.6 Å². The Balaban J connectivity index is 1.42. The smallest absolute Gasteiger partial charge is 0.326 e. The number of anilines is 2. The number of amides is 1. The van der Waals surface area contributed by atoms with E-state index in [-0.39, 0.29) is 23.8 Å². The minimum absolute atomic E-state index is 0.00302. The van der Waals surface area contributed by atoms with Gasteiger partial charge in [0, 0.05) is 24.3 Å². The summed E-state index contributed by atoms with van der Waals surface area (Å²) in [5.41, 5.74) is 1.71. The number of hydrogen-bond acceptors (Lipinski definition) is 5. The first kappa shape index (κ1) is 24.0. The van der Waals surface area contributed by atoms with Crippen LogP contribution in [0, 0.1) is 13.8 Å². The average molecular weight is 493 g/mol. The fourth-order valence-electron chi connectivity index (χ4n) is 3.73. The van der Waals surface area contributed by atoms with Crippen molar-refractivity contribution < 1.29 is 13.2 Å². The second kappa shape index (κ2) is 9.59. The molecule has 0 aliphatic carbocycles. The summed E-state index contributed by atoms with van der Waals surface area (Å²) in [6, 6.07) is 18.2. The molecule has 1 amide bonds. The van der Waals surface area contributed by atoms with E-state index in [1.54, 1.807) is 67.6 Å². The number of aromatic amines is 1. The number of nitrogens with one attached hydrogen (secondary N) is 3. The summed E-state index contributed by atoms with van der Waals surface area (Å²) in [5.74, 6) is -0.337. The summed E-state index contributed by atoms with van der Waals surface area (Å²) in [5, 5.41) is 3.09. The molecule has 0 unspecified atom stereocenters. The van der Waals surface area contributed by atoms with Gasteiger partial charge in [-0.15, -0.1) is 0 Å². The molecule has 0 bridgehead atoms. The van der Waals surface area contributed by atoms with Crippen molar-refractivity contribution in [2.45, 2.75) is 31.7 Å². The third-order valence-corrected chi connectivity index (χ3v) is 7.04. The van der Waals surface area contributed by atoms with Gasteiger partial charge in [-0.25, -0.2) is 13.2 Å². The Morgan fingerprint density at radius 1 is 0.943 bits per heavy atom. The quantitative estimate of drug-likeness (QED) is 0.365. The maximum absolute atomic E-state index is 12.8. The maximum atomic E-state index is 12.8. The maximum Gasteiger partial charge on any atom is 0.328 e. The molecule has 4 aromatic rings. The molecule has 180 valence electrons. The van der Waals surface area contributed by atoms with E-state index in [1.165, 1.54) is 4.57 Å². The molecule has 0 aliphatic heterocycles. The molecule has 3 N–H and O–H groups in total. The number of benzene rings is 3. The Labute approximate surface area is 201 Å². The molecule has 0 saturated heterocycles. The van der Waals surface area contributed by atoms with E-state index in [1.807, 2.05) is 13.0 Å². The lowest BCUT2D eigenvalue weighted by molar-refractivity contribution is -0.116. The number of nitrogens with zero attached hydrogens (tertiary/aromatic N) is 1. The predicted molar refractivity (Wildman–Crippen MR) is 135 cm³/mol. The highest BCUT2D eigenvalue weighted by atomic mass is 32.2. The number of carbonyl (C=O) groups is 1. The van der Waals surface area contributed by atoms with Crippen LogP contribution >= 0.6 is 0 Å². The van der Waals surface area contributed by atoms with Gasteiger partial charge in [0.15, 0.2) is 0 Å². The van der Waals surface area contributed by atoms with E-state index < -0.39 is 21.3 Å². The lowest BCUT2D eigenvalue weighted by atomic mass is 10.2. The van der Waals surface area contributed by atoms with Crippen LogP contribution in [0.3, 0.4) is 0 Å². The zero-order valence-electron chi connectivity index (χ0n) is 19.2. The molecule has 10 heteroatoms. The van der Waals surface area contributed by atoms with E-state index in [4.69, 9.17) is 0 Å². The molecule has 0 radical (unpaired) electrons. The van der Waals surface area contributed by atoms with Gasteiger partial charge in [-0.05, 0) is 67.4 Å². The second-order valence-corrected chi connectivity index (χ2v) is 9.83. The molecule has 0 saturated carbocycles. The van der Waals surface area contributed by atoms with Crippen molar-refractivity contribution in [2.24, 2.45) is 0 Å². The number of fused-ring (bicyclic) bond motifs is 1. The van der Waals surface area contributed by atoms with Crippen molar-refractivity contribution in [1.29, 1.82) is 0 Å². The van der Waals surface area contributed by atoms with Gasteiger partial charge in [-0.2, -0.15) is 0 Å². The van der Waals surface area contributed by atoms with E-state index in [9.17, 15) is 22.8 Å². The predicted octanol–water partition coefficient (Wildman–Crippen LogP) is 3.14. The van der Waals surface area contributed by atoms with Crippen molar-refractivity contribution in [3.05, 3.63) is 98.7 Å². The zero-order valence-corrected chi connectivity index (χ0v) is 20.0. The summed E-state index contributed by atoms with van der Waals surface area (Å²) in [6.07, 6.45) is -0.00302. The molecule has 0 aliphatic rings. The van der Waals surface area contributed by atoms with Crippen LogP contribution < -0.4 is 21.3 Å². The Hall–Kier alpha value is -4.18. The number of aromatic nitrogens is 2. The highest BCUT2D eigenvalue weighted by Gasteiger charge is 2.17. The monoisotopic (exact) mass is 492 g/mol. The minimum atomic E-state index is -3.76. The van der Waals surface area contributed by atoms with Crippen LogP contribution in [0.2, 0.25) is 0 Å². The fourth-order valence-corrected chi connectivity index (χ4v) is 5.12. The highest BCUT2D eigenvalue weighted by molar-refractivity contribution is 7.92. The van der Waals surface area contributed by atoms with Gasteiger partial charge in [0.2, 0.25) is 5.91 Å². The van der Waals surface area contributed by atoms with Gasteiger partial charge in [-0.3, -0.25) is 23.9 Å². The van der Waals surface area contributed by atoms with Gasteiger partial charge in [-0.1, -0.05) is 24.3 Å². The first-order valence-corrected chi connectivity index (χ1v) is 12.3. The highest BCUT2D eigenvalue weighted by Crippen LogP contribution is 2.22. The first-order valence-electron chi connectivity index (χ1n) is 10.9. The topological polar surface area (TPSA) is 130 Å². The second-order valence-electron chi connectivity index (χ2n) is 8.18. The van der Waals surface area contributed by atoms with Crippen LogP contribution in [0.1, 0.15) is 17.5 Å². The summed E-state index contributed by atoms with van der Waals surface area (Å²) in [6.45, 7) is 3.64. The van der Waals surface area contributed by atoms with Crippen LogP contribution in [0.5, 0.6) is 0 Å². The van der Waals surface area contributed by atoms with Crippen LogP contribution in [0.25, 0.3) is 10.9 Å². The van der Waals surface area contributed by atoms with Crippen molar-refractivity contribution in [1.82, 2.24) is 9.55 Å². The molecule has 1 heterocycles. The van der Waals surface area contributed by atoms with Crippen molar-refractivity contribution >= 4 is 38.2 Å². The molecular formula is C25H24N4O5S. The number of hydrogen-bond donors (Lipinski definition) is 3. The molecule has 9 nitrogen and oxygen atoms in total. The fraction of sp³-hybridized carbons (Fsp3) is 0.160. The van der Waals surface area contributed by atoms with Crippen LogP contribution in [-0.4, -0.2) is 23.9 Å². The summed E-state index contributed by atoms with van der Waals surface area (Å²) in [4.78, 5) is 39.1. The third-order valence-electron chi connectivity index (χ3n) is 5.52. The number of rotatable bonds is 7. The van der Waals surface area contributed by atoms with E-state index in [0.29, 0.717) is 27.8 Å². The average Bonchev–Trinajstić information content (AvgIpc) is 2.81. The molecule has 4 rings (SSSR count). The van der Waals surface area contributed by atoms with Gasteiger partial charge >= 0.3 is 5.69 Å². The third kappa shape index (κ3) is 5.33. The standard InChI is InChI=1S/C25H24N4O5S/c1-16-7-8-17(2)22(15-16)35(33,34)28-19-11-9-18(10-12-19)26-23(30)13-14-29-21-6-4-3-5-20(21)24(31)27-25(29)32/h3-12,15,28H,13-14H2,1-2H3,(H,26,30)(H,27,31,32). The molecule has 0 atom stereocenters. The van der Waals surface area contributed by atoms with Crippen molar-refractivity contribution in [3.63, 3.8) is 0 Å². The number of carbonyl (C=O) groups excluding carboxylic acids is 1. The minimum Gasteiger partial charge on any atom is -0.326 e. The van der Waals surface area contributed by atoms with E-state index in [2.05, 4.69) is 15.0 Å². The molecule has 1 aromatic heterocycles. The number of para-hydroxylation sites is 1. The number of H-pyrrole nitrogens is 1. The first-order chi connectivity index (χ1) is 16.6. The zero-order chi connectivity index (χ0) is 25.2. The SMILES string of the molecule is Cc1ccc(C)c(S(=O)(=O)Nc2ccc(NC(=O)CCn3c(=O)[nH]c(=O)c4ccccc43)cc2)c1. The summed E-state index contributed by atoms with van der Waals surface area (Å²) < 4.78 is 29.4. The normalized spacial score (nSPS) is 11.4. The van der Waals surface area contributed by atoms with E-state index in [0.717, 1.165) is 5.56 Å². The molecule has 0 fully saturated rings. The van der Waals surface area contributed by atoms with Crippen molar-refractivity contribution in [3.8, 4) is 0 Å². The number of aryl methyl sites for hydroxylation is 3. The Kier molecular flexibility index (Phi) is 6.57. The van der Waals surface area contributed by atoms with Gasteiger partial charge < -0.3 is 5.32 Å². The van der Waals surface area contributed by atoms with Crippen molar-refractivity contribution in [2.75, 3.05) is 10.0 Å². The summed E-state index contributed by atoms with van der Waals surface area (Å²) >= 11 is 0. The van der Waals surface area contributed by atoms with Gasteiger partial charge in [0.1, 0.15) is 0 Å². The lowest BCUT2D eigenvalue weighted by Gasteiger charge is -2.12. The molecular weight excluding hydrogens is 468 g/mol. The number of sulfonamides is 1. The Morgan fingerprint density at radius 2 is 1.63 bits per heavy atom. The molecule has 0 spiro atoms. The van der Waals surface area contributed by atoms with Gasteiger partial charge in [0.05, 0.1) is 15.8 Å². The molecule has 3 aromatic carbocycles. The van der Waals surface area contributed by atoms with Crippen LogP contribution in [-0.2, 0) is 21.4 Å². The lowest BCUT2D eigenvalue weighted by Crippen LogP contribution is -2.31. The van der Waals surface area contributed by atoms with E-state index >= 15 is 0 Å². The largest absolute Gasteiger partial charge is 0.328 e. The van der Waals surface area contributed by atoms with Crippen LogP contribution in [0.15, 0.2) is 81.2 Å². The summed E-state index contributed by atoms with van der Waals surface area (Å²) in [7, 11) is -3.76. The molecule has 35 heavy (non-hydrogen) atoms. The Bertz CT molecular complexity index is 1640.